The molecule has 0 spiro atoms. The molecular weight excluding hydrogens is 323 g/mol. The quantitative estimate of drug-likeness (QED) is 0.762. The van der Waals surface area contributed by atoms with E-state index in [1.54, 1.807) is 32.0 Å². The largest absolute Gasteiger partial charge is 0.355 e. The first-order chi connectivity index (χ1) is 10.1. The number of nitrogens with one attached hydrogen (secondary N) is 2. The smallest absolute Gasteiger partial charge is 0.239 e. The van der Waals surface area contributed by atoms with Gasteiger partial charge in [0.25, 0.3) is 0 Å². The highest BCUT2D eigenvalue weighted by Crippen LogP contribution is 2.26. The maximum Gasteiger partial charge on any atom is 0.239 e. The third kappa shape index (κ3) is 5.18. The van der Waals surface area contributed by atoms with Gasteiger partial charge in [-0.05, 0) is 44.4 Å². The SMILES string of the molecule is CC(C)CCNC(=O)C(C)(C)C(=O)Nc1ccc(Cl)c(Cl)c1. The zero-order valence-electron chi connectivity index (χ0n) is 13.3. The molecule has 1 aromatic rings. The summed E-state index contributed by atoms with van der Waals surface area (Å²) in [6.45, 7) is 7.89. The Hall–Kier alpha value is -1.26. The van der Waals surface area contributed by atoms with Gasteiger partial charge in [0, 0.05) is 12.2 Å². The van der Waals surface area contributed by atoms with E-state index in [2.05, 4.69) is 24.5 Å². The van der Waals surface area contributed by atoms with Crippen LogP contribution in [0.5, 0.6) is 0 Å². The van der Waals surface area contributed by atoms with Crippen molar-refractivity contribution in [3.63, 3.8) is 0 Å². The third-order valence-electron chi connectivity index (χ3n) is 3.32. The molecule has 6 heteroatoms. The topological polar surface area (TPSA) is 58.2 Å². The lowest BCUT2D eigenvalue weighted by Gasteiger charge is -2.23. The maximum absolute atomic E-state index is 12.3. The van der Waals surface area contributed by atoms with E-state index in [-0.39, 0.29) is 5.91 Å². The van der Waals surface area contributed by atoms with Gasteiger partial charge in [-0.1, -0.05) is 37.0 Å². The van der Waals surface area contributed by atoms with Crippen LogP contribution >= 0.6 is 23.2 Å². The zero-order chi connectivity index (χ0) is 16.9. The van der Waals surface area contributed by atoms with Crippen LogP contribution in [0.3, 0.4) is 0 Å². The molecule has 0 saturated heterocycles. The van der Waals surface area contributed by atoms with Gasteiger partial charge in [0.15, 0.2) is 0 Å². The van der Waals surface area contributed by atoms with Crippen LogP contribution < -0.4 is 10.6 Å². The van der Waals surface area contributed by atoms with Gasteiger partial charge < -0.3 is 10.6 Å². The Bertz CT molecular complexity index is 557. The minimum absolute atomic E-state index is 0.300. The van der Waals surface area contributed by atoms with Crippen LogP contribution in [-0.4, -0.2) is 18.4 Å². The van der Waals surface area contributed by atoms with E-state index < -0.39 is 11.3 Å². The van der Waals surface area contributed by atoms with Crippen molar-refractivity contribution < 1.29 is 9.59 Å². The van der Waals surface area contributed by atoms with Gasteiger partial charge in [0.1, 0.15) is 5.41 Å². The van der Waals surface area contributed by atoms with Gasteiger partial charge in [-0.3, -0.25) is 9.59 Å². The second kappa shape index (κ2) is 7.84. The maximum atomic E-state index is 12.3. The van der Waals surface area contributed by atoms with E-state index in [0.29, 0.717) is 28.2 Å². The molecule has 0 bridgehead atoms. The molecule has 0 aliphatic carbocycles. The number of carbonyl (C=O) groups is 2. The predicted octanol–water partition coefficient (Wildman–Crippen LogP) is 4.12. The normalized spacial score (nSPS) is 11.4. The highest BCUT2D eigenvalue weighted by atomic mass is 35.5. The van der Waals surface area contributed by atoms with E-state index in [0.717, 1.165) is 6.42 Å². The number of amides is 2. The Morgan fingerprint density at radius 1 is 1.14 bits per heavy atom. The van der Waals surface area contributed by atoms with Crippen molar-refractivity contribution in [2.75, 3.05) is 11.9 Å². The number of carbonyl (C=O) groups excluding carboxylic acids is 2. The van der Waals surface area contributed by atoms with Gasteiger partial charge in [0.2, 0.25) is 11.8 Å². The molecular formula is C16H22Cl2N2O2. The standard InChI is InChI=1S/C16H22Cl2N2O2/c1-10(2)7-8-19-14(21)16(3,4)15(22)20-11-5-6-12(17)13(18)9-11/h5-6,9-10H,7-8H2,1-4H3,(H,19,21)(H,20,22). The van der Waals surface area contributed by atoms with Crippen molar-refractivity contribution in [2.24, 2.45) is 11.3 Å². The van der Waals surface area contributed by atoms with E-state index in [9.17, 15) is 9.59 Å². The molecule has 22 heavy (non-hydrogen) atoms. The van der Waals surface area contributed by atoms with Crippen LogP contribution in [0.1, 0.15) is 34.1 Å². The zero-order valence-corrected chi connectivity index (χ0v) is 14.8. The van der Waals surface area contributed by atoms with Crippen LogP contribution in [-0.2, 0) is 9.59 Å². The van der Waals surface area contributed by atoms with Crippen LogP contribution in [0, 0.1) is 11.3 Å². The van der Waals surface area contributed by atoms with Crippen molar-refractivity contribution in [3.05, 3.63) is 28.2 Å². The van der Waals surface area contributed by atoms with Gasteiger partial charge in [-0.25, -0.2) is 0 Å². The molecule has 2 N–H and O–H groups in total. The van der Waals surface area contributed by atoms with Crippen molar-refractivity contribution in [2.45, 2.75) is 34.1 Å². The van der Waals surface area contributed by atoms with E-state index in [1.165, 1.54) is 0 Å². The molecule has 0 unspecified atom stereocenters. The Labute approximate surface area is 141 Å². The van der Waals surface area contributed by atoms with Gasteiger partial charge in [-0.15, -0.1) is 0 Å². The molecule has 1 aromatic carbocycles. The summed E-state index contributed by atoms with van der Waals surface area (Å²) >= 11 is 11.7. The highest BCUT2D eigenvalue weighted by molar-refractivity contribution is 6.42. The molecule has 0 fully saturated rings. The number of rotatable bonds is 6. The molecule has 0 saturated carbocycles. The van der Waals surface area contributed by atoms with E-state index >= 15 is 0 Å². The van der Waals surface area contributed by atoms with E-state index in [4.69, 9.17) is 23.2 Å². The first-order valence-corrected chi connectivity index (χ1v) is 7.95. The van der Waals surface area contributed by atoms with E-state index in [1.807, 2.05) is 0 Å². The monoisotopic (exact) mass is 344 g/mol. The minimum Gasteiger partial charge on any atom is -0.355 e. The number of benzene rings is 1. The fourth-order valence-electron chi connectivity index (χ4n) is 1.66. The summed E-state index contributed by atoms with van der Waals surface area (Å²) in [6, 6.07) is 4.78. The summed E-state index contributed by atoms with van der Waals surface area (Å²) in [6.07, 6.45) is 0.871. The molecule has 4 nitrogen and oxygen atoms in total. The molecule has 1 rings (SSSR count). The molecule has 0 radical (unpaired) electrons. The second-order valence-electron chi connectivity index (χ2n) is 6.15. The highest BCUT2D eigenvalue weighted by Gasteiger charge is 2.35. The molecule has 0 heterocycles. The fraction of sp³-hybridized carbons (Fsp3) is 0.500. The second-order valence-corrected chi connectivity index (χ2v) is 6.96. The van der Waals surface area contributed by atoms with Gasteiger partial charge >= 0.3 is 0 Å². The summed E-state index contributed by atoms with van der Waals surface area (Å²) in [4.78, 5) is 24.5. The summed E-state index contributed by atoms with van der Waals surface area (Å²) in [5.41, 5.74) is -0.675. The number of halogens is 2. The lowest BCUT2D eigenvalue weighted by molar-refractivity contribution is -0.138. The van der Waals surface area contributed by atoms with Crippen LogP contribution in [0.2, 0.25) is 10.0 Å². The van der Waals surface area contributed by atoms with Crippen LogP contribution in [0.4, 0.5) is 5.69 Å². The lowest BCUT2D eigenvalue weighted by Crippen LogP contribution is -2.45. The number of anilines is 1. The Kier molecular flexibility index (Phi) is 6.69. The minimum atomic E-state index is -1.18. The molecule has 122 valence electrons. The van der Waals surface area contributed by atoms with Crippen molar-refractivity contribution >= 4 is 40.7 Å². The average Bonchev–Trinajstić information content (AvgIpc) is 2.42. The first kappa shape index (κ1) is 18.8. The van der Waals surface area contributed by atoms with Crippen molar-refractivity contribution in [3.8, 4) is 0 Å². The Morgan fingerprint density at radius 3 is 2.32 bits per heavy atom. The summed E-state index contributed by atoms with van der Waals surface area (Å²) < 4.78 is 0. The molecule has 0 aromatic heterocycles. The first-order valence-electron chi connectivity index (χ1n) is 7.19. The molecule has 2 amide bonds. The van der Waals surface area contributed by atoms with Gasteiger partial charge in [-0.2, -0.15) is 0 Å². The number of hydrogen-bond acceptors (Lipinski definition) is 2. The summed E-state index contributed by atoms with van der Waals surface area (Å²) in [5, 5.41) is 6.24. The lowest BCUT2D eigenvalue weighted by atomic mass is 9.90. The van der Waals surface area contributed by atoms with Gasteiger partial charge in [0.05, 0.1) is 10.0 Å². The third-order valence-corrected chi connectivity index (χ3v) is 4.06. The Balaban J connectivity index is 2.68. The van der Waals surface area contributed by atoms with Crippen molar-refractivity contribution in [1.29, 1.82) is 0 Å². The summed E-state index contributed by atoms with van der Waals surface area (Å²) in [7, 11) is 0. The fourth-order valence-corrected chi connectivity index (χ4v) is 1.96. The van der Waals surface area contributed by atoms with Crippen molar-refractivity contribution in [1.82, 2.24) is 5.32 Å². The number of hydrogen-bond donors (Lipinski definition) is 2. The molecule has 0 atom stereocenters. The van der Waals surface area contributed by atoms with Crippen LogP contribution in [0.15, 0.2) is 18.2 Å². The molecule has 0 aliphatic heterocycles. The average molecular weight is 345 g/mol. The van der Waals surface area contributed by atoms with Crippen LogP contribution in [0.25, 0.3) is 0 Å². The molecule has 0 aliphatic rings. The summed E-state index contributed by atoms with van der Waals surface area (Å²) in [5.74, 6) is -0.202. The predicted molar refractivity (Wildman–Crippen MR) is 91.3 cm³/mol. The Morgan fingerprint density at radius 2 is 1.77 bits per heavy atom.